The summed E-state index contributed by atoms with van der Waals surface area (Å²) in [6.45, 7) is 7.87. The molecule has 36 heavy (non-hydrogen) atoms. The van der Waals surface area contributed by atoms with Crippen LogP contribution in [0.5, 0.6) is 0 Å². The van der Waals surface area contributed by atoms with E-state index in [0.29, 0.717) is 38.3 Å². The monoisotopic (exact) mass is 521 g/mol. The molecule has 0 spiro atoms. The predicted molar refractivity (Wildman–Crippen MR) is 149 cm³/mol. The van der Waals surface area contributed by atoms with Crippen molar-refractivity contribution < 1.29 is 9.59 Å². The third-order valence-electron chi connectivity index (χ3n) is 6.70. The summed E-state index contributed by atoms with van der Waals surface area (Å²) >= 11 is 13.0. The van der Waals surface area contributed by atoms with Gasteiger partial charge in [-0.1, -0.05) is 67.7 Å². The minimum Gasteiger partial charge on any atom is -0.325 e. The molecule has 0 saturated carbocycles. The average molecular weight is 522 g/mol. The first kappa shape index (κ1) is 25.9. The first-order chi connectivity index (χ1) is 17.2. The average Bonchev–Trinajstić information content (AvgIpc) is 2.96. The molecule has 5 nitrogen and oxygen atoms in total. The Morgan fingerprint density at radius 1 is 1.03 bits per heavy atom. The Morgan fingerprint density at radius 3 is 2.47 bits per heavy atom. The highest BCUT2D eigenvalue weighted by atomic mass is 35.5. The van der Waals surface area contributed by atoms with E-state index in [4.69, 9.17) is 28.2 Å². The van der Waals surface area contributed by atoms with Crippen LogP contribution in [0.4, 0.5) is 11.4 Å². The van der Waals surface area contributed by atoms with Crippen molar-refractivity contribution in [3.05, 3.63) is 93.0 Å². The number of hydrogen-bond donors (Lipinski definition) is 1. The van der Waals surface area contributed by atoms with Crippen molar-refractivity contribution in [3.8, 4) is 0 Å². The standard InChI is InChI=1S/C29H29Cl2N3O2/c1-5-17(2)27-29(36)34(16-26(35)32-21-12-10-18(3)19(4)14-21)25-13-11-20(30)15-23(25)28(33-27)22-8-6-7-9-24(22)31/h6-15,17,27H,5,16H2,1-4H3,(H,32,35)/t17-,27-/m1/s1. The fourth-order valence-corrected chi connectivity index (χ4v) is 4.66. The van der Waals surface area contributed by atoms with E-state index in [1.165, 1.54) is 4.90 Å². The Bertz CT molecular complexity index is 1350. The Balaban J connectivity index is 1.79. The number of rotatable bonds is 6. The van der Waals surface area contributed by atoms with Crippen LogP contribution >= 0.6 is 23.2 Å². The molecule has 0 saturated heterocycles. The number of carbonyl (C=O) groups is 2. The van der Waals surface area contributed by atoms with E-state index in [0.717, 1.165) is 17.5 Å². The molecule has 3 aromatic rings. The summed E-state index contributed by atoms with van der Waals surface area (Å²) in [7, 11) is 0. The molecule has 0 fully saturated rings. The van der Waals surface area contributed by atoms with Gasteiger partial charge < -0.3 is 10.2 Å². The molecular formula is C29H29Cl2N3O2. The quantitative estimate of drug-likeness (QED) is 0.385. The highest BCUT2D eigenvalue weighted by Gasteiger charge is 2.36. The van der Waals surface area contributed by atoms with Crippen molar-refractivity contribution in [1.82, 2.24) is 0 Å². The van der Waals surface area contributed by atoms with Gasteiger partial charge in [-0.05, 0) is 67.3 Å². The molecule has 0 aromatic heterocycles. The van der Waals surface area contributed by atoms with Gasteiger partial charge in [-0.2, -0.15) is 0 Å². The summed E-state index contributed by atoms with van der Waals surface area (Å²) in [5.41, 5.74) is 5.44. The number of anilines is 2. The Kier molecular flexibility index (Phi) is 7.82. The van der Waals surface area contributed by atoms with E-state index in [1.54, 1.807) is 24.3 Å². The molecule has 0 radical (unpaired) electrons. The molecule has 7 heteroatoms. The topological polar surface area (TPSA) is 61.8 Å². The summed E-state index contributed by atoms with van der Waals surface area (Å²) < 4.78 is 0. The van der Waals surface area contributed by atoms with Gasteiger partial charge in [-0.15, -0.1) is 0 Å². The normalized spacial score (nSPS) is 16.2. The molecule has 2 atom stereocenters. The molecule has 0 unspecified atom stereocenters. The van der Waals surface area contributed by atoms with Crippen molar-refractivity contribution in [2.75, 3.05) is 16.8 Å². The molecule has 1 aliphatic heterocycles. The van der Waals surface area contributed by atoms with Crippen molar-refractivity contribution in [2.24, 2.45) is 10.9 Å². The number of fused-ring (bicyclic) bond motifs is 1. The van der Waals surface area contributed by atoms with Gasteiger partial charge in [0.25, 0.3) is 5.91 Å². The van der Waals surface area contributed by atoms with Gasteiger partial charge >= 0.3 is 0 Å². The molecule has 3 aromatic carbocycles. The maximum absolute atomic E-state index is 13.9. The largest absolute Gasteiger partial charge is 0.325 e. The molecule has 1 heterocycles. The SMILES string of the molecule is CC[C@@H](C)[C@H]1N=C(c2ccccc2Cl)c2cc(Cl)ccc2N(CC(=O)Nc2ccc(C)c(C)c2)C1=O. The number of benzene rings is 3. The molecule has 0 aliphatic carbocycles. The van der Waals surface area contributed by atoms with Gasteiger partial charge in [0, 0.05) is 26.9 Å². The van der Waals surface area contributed by atoms with Crippen LogP contribution in [0.3, 0.4) is 0 Å². The van der Waals surface area contributed by atoms with Crippen LogP contribution in [0.1, 0.15) is 42.5 Å². The zero-order valence-electron chi connectivity index (χ0n) is 20.8. The number of benzodiazepines with no additional fused rings is 1. The maximum atomic E-state index is 13.9. The Hall–Kier alpha value is -3.15. The lowest BCUT2D eigenvalue weighted by Gasteiger charge is -2.26. The molecule has 186 valence electrons. The summed E-state index contributed by atoms with van der Waals surface area (Å²) in [6, 6.07) is 17.7. The summed E-state index contributed by atoms with van der Waals surface area (Å²) in [5, 5.41) is 3.96. The van der Waals surface area contributed by atoms with Crippen LogP contribution in [0.25, 0.3) is 0 Å². The zero-order chi connectivity index (χ0) is 26.0. The maximum Gasteiger partial charge on any atom is 0.252 e. The lowest BCUT2D eigenvalue weighted by Crippen LogP contribution is -2.44. The smallest absolute Gasteiger partial charge is 0.252 e. The number of carbonyl (C=O) groups excluding carboxylic acids is 2. The van der Waals surface area contributed by atoms with Crippen LogP contribution in [-0.4, -0.2) is 30.1 Å². The number of amides is 2. The van der Waals surface area contributed by atoms with Crippen LogP contribution in [0.15, 0.2) is 65.7 Å². The van der Waals surface area contributed by atoms with Gasteiger partial charge in [0.15, 0.2) is 0 Å². The fourth-order valence-electron chi connectivity index (χ4n) is 4.26. The molecule has 2 amide bonds. The number of hydrogen-bond acceptors (Lipinski definition) is 3. The predicted octanol–water partition coefficient (Wildman–Crippen LogP) is 6.85. The van der Waals surface area contributed by atoms with Crippen LogP contribution in [-0.2, 0) is 9.59 Å². The van der Waals surface area contributed by atoms with Gasteiger partial charge in [0.1, 0.15) is 12.6 Å². The molecular weight excluding hydrogens is 493 g/mol. The van der Waals surface area contributed by atoms with E-state index >= 15 is 0 Å². The number of nitrogens with zero attached hydrogens (tertiary/aromatic N) is 2. The fraction of sp³-hybridized carbons (Fsp3) is 0.276. The van der Waals surface area contributed by atoms with Crippen LogP contribution in [0.2, 0.25) is 10.0 Å². The third-order valence-corrected chi connectivity index (χ3v) is 7.26. The Labute approximate surface area is 222 Å². The lowest BCUT2D eigenvalue weighted by atomic mass is 9.97. The first-order valence-electron chi connectivity index (χ1n) is 12.0. The van der Waals surface area contributed by atoms with Gasteiger partial charge in [-0.25, -0.2) is 0 Å². The number of aryl methyl sites for hydroxylation is 2. The molecule has 4 rings (SSSR count). The van der Waals surface area contributed by atoms with Crippen molar-refractivity contribution in [2.45, 2.75) is 40.2 Å². The summed E-state index contributed by atoms with van der Waals surface area (Å²) in [5.74, 6) is -0.577. The van der Waals surface area contributed by atoms with Crippen molar-refractivity contribution >= 4 is 52.1 Å². The highest BCUT2D eigenvalue weighted by molar-refractivity contribution is 6.37. The number of aliphatic imine (C=N–C) groups is 1. The zero-order valence-corrected chi connectivity index (χ0v) is 22.3. The minimum atomic E-state index is -0.679. The van der Waals surface area contributed by atoms with E-state index in [-0.39, 0.29) is 24.3 Å². The van der Waals surface area contributed by atoms with E-state index in [1.807, 2.05) is 64.1 Å². The highest BCUT2D eigenvalue weighted by Crippen LogP contribution is 2.34. The van der Waals surface area contributed by atoms with E-state index in [2.05, 4.69) is 5.32 Å². The summed E-state index contributed by atoms with van der Waals surface area (Å²) in [6.07, 6.45) is 0.746. The second-order valence-corrected chi connectivity index (χ2v) is 10.1. The van der Waals surface area contributed by atoms with E-state index in [9.17, 15) is 9.59 Å². The second kappa shape index (κ2) is 10.9. The lowest BCUT2D eigenvalue weighted by molar-refractivity contribution is -0.123. The second-order valence-electron chi connectivity index (χ2n) is 9.22. The van der Waals surface area contributed by atoms with Gasteiger partial charge in [0.2, 0.25) is 5.91 Å². The number of halogens is 2. The third kappa shape index (κ3) is 5.32. The first-order valence-corrected chi connectivity index (χ1v) is 12.8. The van der Waals surface area contributed by atoms with Crippen LogP contribution < -0.4 is 10.2 Å². The summed E-state index contributed by atoms with van der Waals surface area (Å²) in [4.78, 5) is 33.6. The molecule has 1 aliphatic rings. The van der Waals surface area contributed by atoms with Gasteiger partial charge in [0.05, 0.1) is 11.4 Å². The molecule has 1 N–H and O–H groups in total. The van der Waals surface area contributed by atoms with Crippen molar-refractivity contribution in [1.29, 1.82) is 0 Å². The van der Waals surface area contributed by atoms with Crippen LogP contribution in [0, 0.1) is 19.8 Å². The van der Waals surface area contributed by atoms with Gasteiger partial charge in [-0.3, -0.25) is 14.6 Å². The Morgan fingerprint density at radius 2 is 1.78 bits per heavy atom. The van der Waals surface area contributed by atoms with E-state index < -0.39 is 6.04 Å². The number of nitrogens with one attached hydrogen (secondary N) is 1. The molecule has 0 bridgehead atoms. The van der Waals surface area contributed by atoms with Crippen molar-refractivity contribution in [3.63, 3.8) is 0 Å². The minimum absolute atomic E-state index is 0.0509.